The van der Waals surface area contributed by atoms with Gasteiger partial charge in [0, 0.05) is 30.6 Å². The third-order valence-electron chi connectivity index (χ3n) is 4.48. The molecule has 1 atom stereocenters. The summed E-state index contributed by atoms with van der Waals surface area (Å²) in [6, 6.07) is 10.8. The van der Waals surface area contributed by atoms with Gasteiger partial charge < -0.3 is 25.0 Å². The Morgan fingerprint density at radius 3 is 2.69 bits per heavy atom. The summed E-state index contributed by atoms with van der Waals surface area (Å²) in [6.07, 6.45) is 0. The molecule has 0 aliphatic heterocycles. The highest BCUT2D eigenvalue weighted by Gasteiger charge is 2.15. The van der Waals surface area contributed by atoms with E-state index in [0.29, 0.717) is 25.8 Å². The Morgan fingerprint density at radius 2 is 2.03 bits per heavy atom. The number of nitrogens with one attached hydrogen (secondary N) is 2. The van der Waals surface area contributed by atoms with E-state index in [1.807, 2.05) is 0 Å². The Hall–Kier alpha value is -2.09. The molecule has 2 N–H and O–H groups in total. The normalized spacial score (nSPS) is 12.8. The molecule has 0 spiro atoms. The van der Waals surface area contributed by atoms with Crippen LogP contribution in [0.25, 0.3) is 0 Å². The highest BCUT2D eigenvalue weighted by molar-refractivity contribution is 7.10. The summed E-state index contributed by atoms with van der Waals surface area (Å²) in [5, 5.41) is 8.94. The van der Waals surface area contributed by atoms with Gasteiger partial charge in [-0.25, -0.2) is 4.99 Å². The molecule has 0 fully saturated rings. The predicted molar refractivity (Wildman–Crippen MR) is 122 cm³/mol. The van der Waals surface area contributed by atoms with E-state index in [-0.39, 0.29) is 0 Å². The highest BCUT2D eigenvalue weighted by atomic mass is 32.1. The second-order valence-corrected chi connectivity index (χ2v) is 8.00. The Labute approximate surface area is 178 Å². The topological polar surface area (TPSA) is 58.1 Å². The number of rotatable bonds is 11. The Balaban J connectivity index is 2.06. The van der Waals surface area contributed by atoms with E-state index >= 15 is 0 Å². The predicted octanol–water partition coefficient (Wildman–Crippen LogP) is 3.44. The summed E-state index contributed by atoms with van der Waals surface area (Å²) >= 11 is 1.78. The van der Waals surface area contributed by atoms with Gasteiger partial charge in [0.15, 0.2) is 5.96 Å². The SMILES string of the molecule is CCNC(=NCc1ccc(C)cc1OCCOC)NCC(c1cccs1)N(C)C. The van der Waals surface area contributed by atoms with Crippen molar-refractivity contribution in [2.45, 2.75) is 26.4 Å². The third-order valence-corrected chi connectivity index (χ3v) is 5.45. The van der Waals surface area contributed by atoms with Crippen molar-refractivity contribution in [1.29, 1.82) is 0 Å². The van der Waals surface area contributed by atoms with Crippen LogP contribution >= 0.6 is 11.3 Å². The first-order valence-corrected chi connectivity index (χ1v) is 10.9. The van der Waals surface area contributed by atoms with Crippen molar-refractivity contribution in [1.82, 2.24) is 15.5 Å². The molecule has 1 unspecified atom stereocenters. The molecule has 0 aliphatic carbocycles. The van der Waals surface area contributed by atoms with Gasteiger partial charge in [-0.2, -0.15) is 0 Å². The average molecular weight is 419 g/mol. The number of hydrogen-bond acceptors (Lipinski definition) is 5. The van der Waals surface area contributed by atoms with Gasteiger partial charge in [0.25, 0.3) is 0 Å². The maximum absolute atomic E-state index is 5.89. The number of benzene rings is 1. The molecule has 0 bridgehead atoms. The first kappa shape index (κ1) is 23.2. The smallest absolute Gasteiger partial charge is 0.191 e. The summed E-state index contributed by atoms with van der Waals surface area (Å²) < 4.78 is 11.0. The van der Waals surface area contributed by atoms with Crippen LogP contribution in [0, 0.1) is 6.92 Å². The first-order valence-electron chi connectivity index (χ1n) is 9.98. The van der Waals surface area contributed by atoms with Crippen LogP contribution in [0.1, 0.15) is 29.0 Å². The number of ether oxygens (including phenoxy) is 2. The van der Waals surface area contributed by atoms with Crippen molar-refractivity contribution in [3.05, 3.63) is 51.7 Å². The van der Waals surface area contributed by atoms with E-state index in [1.165, 1.54) is 10.4 Å². The minimum absolute atomic E-state index is 0.297. The van der Waals surface area contributed by atoms with Crippen LogP contribution in [0.2, 0.25) is 0 Å². The molecular formula is C22H34N4O2S. The van der Waals surface area contributed by atoms with Crippen molar-refractivity contribution >= 4 is 17.3 Å². The van der Waals surface area contributed by atoms with Crippen LogP contribution in [-0.2, 0) is 11.3 Å². The number of guanidine groups is 1. The standard InChI is InChI=1S/C22H34N4O2S/c1-6-23-22(25-16-19(26(3)4)21-8-7-13-29-21)24-15-18-10-9-17(2)14-20(18)28-12-11-27-5/h7-10,13-14,19H,6,11-12,15-16H2,1-5H3,(H2,23,24,25). The molecule has 2 rings (SSSR count). The van der Waals surface area contributed by atoms with Crippen LogP contribution in [0.15, 0.2) is 40.7 Å². The number of hydrogen-bond donors (Lipinski definition) is 2. The summed E-state index contributed by atoms with van der Waals surface area (Å²) in [5.41, 5.74) is 2.23. The summed E-state index contributed by atoms with van der Waals surface area (Å²) in [7, 11) is 5.88. The molecule has 0 radical (unpaired) electrons. The largest absolute Gasteiger partial charge is 0.491 e. The molecular weight excluding hydrogens is 384 g/mol. The number of thiophene rings is 1. The van der Waals surface area contributed by atoms with Crippen LogP contribution in [0.3, 0.4) is 0 Å². The van der Waals surface area contributed by atoms with E-state index in [9.17, 15) is 0 Å². The molecule has 1 aromatic carbocycles. The Bertz CT molecular complexity index is 747. The average Bonchev–Trinajstić information content (AvgIpc) is 3.21. The van der Waals surface area contributed by atoms with Gasteiger partial charge in [-0.15, -0.1) is 11.3 Å². The van der Waals surface area contributed by atoms with Crippen molar-refractivity contribution in [2.75, 3.05) is 47.5 Å². The fourth-order valence-electron chi connectivity index (χ4n) is 2.88. The van der Waals surface area contributed by atoms with Gasteiger partial charge >= 0.3 is 0 Å². The van der Waals surface area contributed by atoms with Gasteiger partial charge in [0.05, 0.1) is 19.2 Å². The number of aryl methyl sites for hydroxylation is 1. The fourth-order valence-corrected chi connectivity index (χ4v) is 3.80. The lowest BCUT2D eigenvalue weighted by molar-refractivity contribution is 0.145. The van der Waals surface area contributed by atoms with E-state index < -0.39 is 0 Å². The monoisotopic (exact) mass is 418 g/mol. The minimum Gasteiger partial charge on any atom is -0.491 e. The summed E-state index contributed by atoms with van der Waals surface area (Å²) in [6.45, 7) is 7.37. The summed E-state index contributed by atoms with van der Waals surface area (Å²) in [4.78, 5) is 8.35. The molecule has 7 heteroatoms. The van der Waals surface area contributed by atoms with Gasteiger partial charge in [-0.05, 0) is 51.0 Å². The van der Waals surface area contributed by atoms with Crippen LogP contribution < -0.4 is 15.4 Å². The van der Waals surface area contributed by atoms with Crippen molar-refractivity contribution in [2.24, 2.45) is 4.99 Å². The number of likely N-dealkylation sites (N-methyl/N-ethyl adjacent to an activating group) is 1. The Morgan fingerprint density at radius 1 is 1.21 bits per heavy atom. The maximum atomic E-state index is 5.89. The first-order chi connectivity index (χ1) is 14.0. The van der Waals surface area contributed by atoms with Crippen LogP contribution in [-0.4, -0.2) is 58.4 Å². The highest BCUT2D eigenvalue weighted by Crippen LogP contribution is 2.23. The van der Waals surface area contributed by atoms with Crippen LogP contribution in [0.4, 0.5) is 0 Å². The maximum Gasteiger partial charge on any atom is 0.191 e. The quantitative estimate of drug-likeness (QED) is 0.333. The lowest BCUT2D eigenvalue weighted by Gasteiger charge is -2.24. The minimum atomic E-state index is 0.297. The van der Waals surface area contributed by atoms with E-state index in [0.717, 1.165) is 30.4 Å². The molecule has 0 amide bonds. The zero-order chi connectivity index (χ0) is 21.1. The molecule has 0 saturated carbocycles. The van der Waals surface area contributed by atoms with Gasteiger partial charge in [-0.3, -0.25) is 0 Å². The van der Waals surface area contributed by atoms with Gasteiger partial charge in [0.2, 0.25) is 0 Å². The second kappa shape index (κ2) is 12.5. The molecule has 2 aromatic rings. The van der Waals surface area contributed by atoms with Crippen molar-refractivity contribution in [3.8, 4) is 5.75 Å². The molecule has 1 heterocycles. The lowest BCUT2D eigenvalue weighted by atomic mass is 10.1. The van der Waals surface area contributed by atoms with Gasteiger partial charge in [-0.1, -0.05) is 18.2 Å². The number of nitrogens with zero attached hydrogens (tertiary/aromatic N) is 2. The van der Waals surface area contributed by atoms with E-state index in [4.69, 9.17) is 14.5 Å². The van der Waals surface area contributed by atoms with Gasteiger partial charge in [0.1, 0.15) is 12.4 Å². The molecule has 1 aromatic heterocycles. The summed E-state index contributed by atoms with van der Waals surface area (Å²) in [5.74, 6) is 1.67. The van der Waals surface area contributed by atoms with E-state index in [2.05, 4.69) is 79.2 Å². The molecule has 0 aliphatic rings. The van der Waals surface area contributed by atoms with E-state index in [1.54, 1.807) is 18.4 Å². The number of methoxy groups -OCH3 is 1. The molecule has 29 heavy (non-hydrogen) atoms. The molecule has 0 saturated heterocycles. The van der Waals surface area contributed by atoms with Crippen molar-refractivity contribution in [3.63, 3.8) is 0 Å². The van der Waals surface area contributed by atoms with Crippen molar-refractivity contribution < 1.29 is 9.47 Å². The molecule has 6 nitrogen and oxygen atoms in total. The zero-order valence-electron chi connectivity index (χ0n) is 18.2. The fraction of sp³-hybridized carbons (Fsp3) is 0.500. The van der Waals surface area contributed by atoms with Crippen LogP contribution in [0.5, 0.6) is 5.75 Å². The Kier molecular flexibility index (Phi) is 9.97. The second-order valence-electron chi connectivity index (χ2n) is 7.02. The zero-order valence-corrected chi connectivity index (χ0v) is 19.0. The molecule has 160 valence electrons. The number of aliphatic imine (C=N–C) groups is 1. The third kappa shape index (κ3) is 7.68. The lowest BCUT2D eigenvalue weighted by Crippen LogP contribution is -2.41.